The summed E-state index contributed by atoms with van der Waals surface area (Å²) in [5.74, 6) is 0.0710. The smallest absolute Gasteiger partial charge is 0.272 e. The normalized spacial score (nSPS) is 17.2. The van der Waals surface area contributed by atoms with Crippen LogP contribution in [0.3, 0.4) is 0 Å². The van der Waals surface area contributed by atoms with E-state index in [0.717, 1.165) is 43.7 Å². The minimum atomic E-state index is 0.0710. The van der Waals surface area contributed by atoms with Crippen molar-refractivity contribution in [1.82, 2.24) is 9.88 Å². The molecule has 0 aliphatic carbocycles. The van der Waals surface area contributed by atoms with E-state index in [1.807, 2.05) is 23.2 Å². The second-order valence-corrected chi connectivity index (χ2v) is 7.04. The molecule has 4 heteroatoms. The van der Waals surface area contributed by atoms with E-state index in [0.29, 0.717) is 11.7 Å². The predicted octanol–water partition coefficient (Wildman–Crippen LogP) is 4.95. The third-order valence-corrected chi connectivity index (χ3v) is 5.27. The zero-order valence-corrected chi connectivity index (χ0v) is 16.1. The van der Waals surface area contributed by atoms with Crippen molar-refractivity contribution in [3.63, 3.8) is 0 Å². The first-order chi connectivity index (χ1) is 12.6. The molecule has 2 aromatic rings. The minimum Gasteiger partial charge on any atom is -0.341 e. The molecule has 1 fully saturated rings. The summed E-state index contributed by atoms with van der Waals surface area (Å²) in [5.41, 5.74) is 3.95. The molecule has 1 aromatic heterocycles. The first-order valence-electron chi connectivity index (χ1n) is 9.75. The Balaban J connectivity index is 1.80. The van der Waals surface area contributed by atoms with Crippen LogP contribution in [-0.4, -0.2) is 34.9 Å². The molecule has 1 aromatic carbocycles. The van der Waals surface area contributed by atoms with Gasteiger partial charge >= 0.3 is 0 Å². The van der Waals surface area contributed by atoms with Gasteiger partial charge in [0.15, 0.2) is 0 Å². The van der Waals surface area contributed by atoms with Gasteiger partial charge in [0.05, 0.1) is 11.9 Å². The Morgan fingerprint density at radius 2 is 2.04 bits per heavy atom. The average molecular weight is 351 g/mol. The number of hydrogen-bond acceptors (Lipinski definition) is 3. The standard InChI is InChI=1S/C22H29N3O/c1-4-18-10-6-7-14-25(18)22(26)21-13-12-20(16-23-21)24(5-2)19-11-8-9-17(3)15-19/h8-9,11-13,15-16,18H,4-7,10,14H2,1-3H3. The molecule has 0 bridgehead atoms. The van der Waals surface area contributed by atoms with Crippen LogP contribution in [0.5, 0.6) is 0 Å². The molecular weight excluding hydrogens is 322 g/mol. The lowest BCUT2D eigenvalue weighted by atomic mass is 9.99. The van der Waals surface area contributed by atoms with E-state index in [1.54, 1.807) is 0 Å². The van der Waals surface area contributed by atoms with Crippen molar-refractivity contribution in [2.24, 2.45) is 0 Å². The third kappa shape index (κ3) is 3.90. The van der Waals surface area contributed by atoms with Gasteiger partial charge in [-0.3, -0.25) is 4.79 Å². The Labute approximate surface area is 156 Å². The Hall–Kier alpha value is -2.36. The molecule has 4 nitrogen and oxygen atoms in total. The van der Waals surface area contributed by atoms with Crippen LogP contribution in [-0.2, 0) is 0 Å². The zero-order chi connectivity index (χ0) is 18.5. The van der Waals surface area contributed by atoms with Crippen LogP contribution in [0.1, 0.15) is 55.6 Å². The Bertz CT molecular complexity index is 741. The van der Waals surface area contributed by atoms with E-state index in [1.165, 1.54) is 12.0 Å². The number of anilines is 2. The van der Waals surface area contributed by atoms with Crippen molar-refractivity contribution in [2.45, 2.75) is 52.5 Å². The van der Waals surface area contributed by atoms with Crippen molar-refractivity contribution in [1.29, 1.82) is 0 Å². The van der Waals surface area contributed by atoms with Gasteiger partial charge in [0, 0.05) is 24.8 Å². The molecule has 138 valence electrons. The fraction of sp³-hybridized carbons (Fsp3) is 0.455. The van der Waals surface area contributed by atoms with Crippen LogP contribution in [0.4, 0.5) is 11.4 Å². The van der Waals surface area contributed by atoms with Crippen LogP contribution in [0.15, 0.2) is 42.6 Å². The van der Waals surface area contributed by atoms with Gasteiger partial charge < -0.3 is 9.80 Å². The number of pyridine rings is 1. The monoisotopic (exact) mass is 351 g/mol. The maximum Gasteiger partial charge on any atom is 0.272 e. The van der Waals surface area contributed by atoms with Crippen molar-refractivity contribution >= 4 is 17.3 Å². The lowest BCUT2D eigenvalue weighted by molar-refractivity contribution is 0.0602. The highest BCUT2D eigenvalue weighted by atomic mass is 16.2. The number of piperidine rings is 1. The lowest BCUT2D eigenvalue weighted by Crippen LogP contribution is -2.43. The third-order valence-electron chi connectivity index (χ3n) is 5.27. The molecule has 0 saturated carbocycles. The van der Waals surface area contributed by atoms with E-state index < -0.39 is 0 Å². The maximum absolute atomic E-state index is 12.9. The van der Waals surface area contributed by atoms with Crippen molar-refractivity contribution in [3.05, 3.63) is 53.9 Å². The Morgan fingerprint density at radius 1 is 1.19 bits per heavy atom. The fourth-order valence-electron chi connectivity index (χ4n) is 3.82. The SMILES string of the molecule is CCC1CCCCN1C(=O)c1ccc(N(CC)c2cccc(C)c2)cn1. The summed E-state index contributed by atoms with van der Waals surface area (Å²) in [5, 5.41) is 0. The summed E-state index contributed by atoms with van der Waals surface area (Å²) < 4.78 is 0. The molecule has 1 saturated heterocycles. The molecule has 1 unspecified atom stereocenters. The van der Waals surface area contributed by atoms with Gasteiger partial charge in [-0.1, -0.05) is 19.1 Å². The van der Waals surface area contributed by atoms with Gasteiger partial charge in [-0.2, -0.15) is 0 Å². The van der Waals surface area contributed by atoms with Crippen LogP contribution in [0.2, 0.25) is 0 Å². The van der Waals surface area contributed by atoms with Crippen LogP contribution < -0.4 is 4.90 Å². The second-order valence-electron chi connectivity index (χ2n) is 7.04. The second kappa shape index (κ2) is 8.35. The van der Waals surface area contributed by atoms with E-state index in [9.17, 15) is 4.79 Å². The molecule has 1 amide bonds. The highest BCUT2D eigenvalue weighted by Gasteiger charge is 2.26. The highest BCUT2D eigenvalue weighted by Crippen LogP contribution is 2.26. The van der Waals surface area contributed by atoms with Gasteiger partial charge in [-0.25, -0.2) is 4.98 Å². The summed E-state index contributed by atoms with van der Waals surface area (Å²) >= 11 is 0. The zero-order valence-electron chi connectivity index (χ0n) is 16.1. The molecule has 1 atom stereocenters. The minimum absolute atomic E-state index is 0.0710. The number of aromatic nitrogens is 1. The molecule has 1 aliphatic rings. The van der Waals surface area contributed by atoms with E-state index in [2.05, 4.69) is 54.9 Å². The number of carbonyl (C=O) groups is 1. The van der Waals surface area contributed by atoms with Gasteiger partial charge in [-0.05, 0) is 69.4 Å². The largest absolute Gasteiger partial charge is 0.341 e. The van der Waals surface area contributed by atoms with Crippen molar-refractivity contribution < 1.29 is 4.79 Å². The number of rotatable bonds is 5. The number of likely N-dealkylation sites (tertiary alicyclic amines) is 1. The molecule has 3 rings (SSSR count). The summed E-state index contributed by atoms with van der Waals surface area (Å²) in [6, 6.07) is 12.7. The van der Waals surface area contributed by atoms with E-state index in [-0.39, 0.29) is 5.91 Å². The summed E-state index contributed by atoms with van der Waals surface area (Å²) in [6.45, 7) is 8.09. The molecule has 0 spiro atoms. The highest BCUT2D eigenvalue weighted by molar-refractivity contribution is 5.93. The van der Waals surface area contributed by atoms with Crippen LogP contribution in [0, 0.1) is 6.92 Å². The Kier molecular flexibility index (Phi) is 5.92. The molecule has 0 radical (unpaired) electrons. The van der Waals surface area contributed by atoms with Gasteiger partial charge in [0.25, 0.3) is 5.91 Å². The molecule has 2 heterocycles. The lowest BCUT2D eigenvalue weighted by Gasteiger charge is -2.35. The average Bonchev–Trinajstić information content (AvgIpc) is 2.68. The van der Waals surface area contributed by atoms with Crippen LogP contribution in [0.25, 0.3) is 0 Å². The first kappa shape index (κ1) is 18.4. The molecule has 0 N–H and O–H groups in total. The number of aryl methyl sites for hydroxylation is 1. The number of hydrogen-bond donors (Lipinski definition) is 0. The summed E-state index contributed by atoms with van der Waals surface area (Å²) in [7, 11) is 0. The number of benzene rings is 1. The van der Waals surface area contributed by atoms with Gasteiger partial charge in [-0.15, -0.1) is 0 Å². The summed E-state index contributed by atoms with van der Waals surface area (Å²) in [4.78, 5) is 21.6. The van der Waals surface area contributed by atoms with Crippen molar-refractivity contribution in [3.8, 4) is 0 Å². The number of amides is 1. The van der Waals surface area contributed by atoms with Gasteiger partial charge in [0.1, 0.15) is 5.69 Å². The predicted molar refractivity (Wildman–Crippen MR) is 107 cm³/mol. The quantitative estimate of drug-likeness (QED) is 0.764. The first-order valence-corrected chi connectivity index (χ1v) is 9.75. The molecular formula is C22H29N3O. The van der Waals surface area contributed by atoms with Crippen LogP contribution >= 0.6 is 0 Å². The van der Waals surface area contributed by atoms with E-state index >= 15 is 0 Å². The maximum atomic E-state index is 12.9. The number of carbonyl (C=O) groups excluding carboxylic acids is 1. The topological polar surface area (TPSA) is 36.4 Å². The van der Waals surface area contributed by atoms with Gasteiger partial charge in [0.2, 0.25) is 0 Å². The summed E-state index contributed by atoms with van der Waals surface area (Å²) in [6.07, 6.45) is 6.26. The fourth-order valence-corrected chi connectivity index (χ4v) is 3.82. The Morgan fingerprint density at radius 3 is 2.69 bits per heavy atom. The number of nitrogens with zero attached hydrogens (tertiary/aromatic N) is 3. The molecule has 1 aliphatic heterocycles. The molecule has 26 heavy (non-hydrogen) atoms. The van der Waals surface area contributed by atoms with E-state index in [4.69, 9.17) is 0 Å². The van der Waals surface area contributed by atoms with Crippen molar-refractivity contribution in [2.75, 3.05) is 18.0 Å².